The number of ether oxygens (including phenoxy) is 1. The van der Waals surface area contributed by atoms with Crippen LogP contribution in [0.5, 0.6) is 0 Å². The molecule has 1 aromatic rings. The van der Waals surface area contributed by atoms with Crippen molar-refractivity contribution in [2.45, 2.75) is 37.1 Å². The predicted octanol–water partition coefficient (Wildman–Crippen LogP) is 1.61. The first-order chi connectivity index (χ1) is 13.2. The lowest BCUT2D eigenvalue weighted by atomic mass is 9.51. The largest absolute Gasteiger partial charge is 0.468 e. The van der Waals surface area contributed by atoms with Crippen molar-refractivity contribution in [3.05, 3.63) is 42.0 Å². The van der Waals surface area contributed by atoms with Crippen LogP contribution in [-0.4, -0.2) is 43.5 Å². The fourth-order valence-corrected chi connectivity index (χ4v) is 6.62. The standard InChI is InChI=1S/C20H21NO6S/c1-12-3-6-14(7-4-12)28(25,26)21-17(23)9-10-20(19(24)27-2)13-5-8-15(18(20)21)16(22)11-13/h3-4,6-7,9-10,13,15,18H,5,8,11H2,1-2H3/t13-,15?,18-,20-/m0/s1. The predicted molar refractivity (Wildman–Crippen MR) is 98.4 cm³/mol. The van der Waals surface area contributed by atoms with E-state index < -0.39 is 39.3 Å². The van der Waals surface area contributed by atoms with Crippen molar-refractivity contribution in [2.75, 3.05) is 7.11 Å². The molecule has 2 bridgehead atoms. The van der Waals surface area contributed by atoms with Crippen molar-refractivity contribution in [3.8, 4) is 0 Å². The van der Waals surface area contributed by atoms with Gasteiger partial charge in [-0.25, -0.2) is 12.7 Å². The van der Waals surface area contributed by atoms with Gasteiger partial charge < -0.3 is 4.74 Å². The fourth-order valence-electron chi connectivity index (χ4n) is 4.99. The first-order valence-electron chi connectivity index (χ1n) is 9.19. The number of aryl methyl sites for hydroxylation is 1. The molecule has 148 valence electrons. The van der Waals surface area contributed by atoms with Gasteiger partial charge in [-0.3, -0.25) is 14.4 Å². The van der Waals surface area contributed by atoms with Gasteiger partial charge in [0.25, 0.3) is 15.9 Å². The maximum Gasteiger partial charge on any atom is 0.318 e. The average Bonchev–Trinajstić information content (AvgIpc) is 2.67. The molecular formula is C20H21NO6S. The molecule has 5 rings (SSSR count). The van der Waals surface area contributed by atoms with Gasteiger partial charge in [0.15, 0.2) is 0 Å². The van der Waals surface area contributed by atoms with E-state index in [4.69, 9.17) is 4.74 Å². The summed E-state index contributed by atoms with van der Waals surface area (Å²) in [6, 6.07) is 5.05. The van der Waals surface area contributed by atoms with Crippen molar-refractivity contribution in [1.29, 1.82) is 0 Å². The van der Waals surface area contributed by atoms with Gasteiger partial charge in [0, 0.05) is 18.4 Å². The molecule has 3 fully saturated rings. The van der Waals surface area contributed by atoms with Gasteiger partial charge in [-0.1, -0.05) is 23.8 Å². The lowest BCUT2D eigenvalue weighted by Crippen LogP contribution is -2.69. The summed E-state index contributed by atoms with van der Waals surface area (Å²) in [5, 5.41) is 0. The van der Waals surface area contributed by atoms with E-state index in [1.165, 1.54) is 25.3 Å². The molecule has 1 aromatic carbocycles. The molecule has 0 saturated heterocycles. The number of methoxy groups -OCH3 is 1. The van der Waals surface area contributed by atoms with Gasteiger partial charge in [-0.15, -0.1) is 0 Å². The van der Waals surface area contributed by atoms with Crippen LogP contribution in [0.4, 0.5) is 0 Å². The Labute approximate surface area is 163 Å². The molecule has 4 atom stereocenters. The quantitative estimate of drug-likeness (QED) is 0.711. The molecule has 0 aromatic heterocycles. The van der Waals surface area contributed by atoms with Crippen LogP contribution in [0, 0.1) is 24.2 Å². The van der Waals surface area contributed by atoms with E-state index in [0.29, 0.717) is 12.8 Å². The van der Waals surface area contributed by atoms with E-state index in [9.17, 15) is 22.8 Å². The number of hydrogen-bond donors (Lipinski definition) is 0. The summed E-state index contributed by atoms with van der Waals surface area (Å²) in [7, 11) is -3.01. The molecule has 0 spiro atoms. The van der Waals surface area contributed by atoms with Crippen molar-refractivity contribution >= 4 is 27.7 Å². The van der Waals surface area contributed by atoms with E-state index in [2.05, 4.69) is 0 Å². The Balaban J connectivity index is 1.92. The third-order valence-electron chi connectivity index (χ3n) is 6.32. The molecule has 1 amide bonds. The molecular weight excluding hydrogens is 382 g/mol. The summed E-state index contributed by atoms with van der Waals surface area (Å²) < 4.78 is 32.6. The van der Waals surface area contributed by atoms with Crippen LogP contribution in [0.1, 0.15) is 24.8 Å². The molecule has 1 aliphatic heterocycles. The minimum atomic E-state index is -4.25. The van der Waals surface area contributed by atoms with E-state index in [0.717, 1.165) is 15.9 Å². The zero-order chi connectivity index (χ0) is 20.3. The summed E-state index contributed by atoms with van der Waals surface area (Å²) in [5.74, 6) is -2.55. The van der Waals surface area contributed by atoms with E-state index in [-0.39, 0.29) is 23.0 Å². The highest BCUT2D eigenvalue weighted by atomic mass is 32.2. The number of hydrogen-bond acceptors (Lipinski definition) is 6. The number of carbonyl (C=O) groups excluding carboxylic acids is 3. The highest BCUT2D eigenvalue weighted by Gasteiger charge is 2.66. The number of benzene rings is 1. The minimum Gasteiger partial charge on any atom is -0.468 e. The molecule has 0 N–H and O–H groups in total. The molecule has 3 aliphatic carbocycles. The number of amides is 1. The van der Waals surface area contributed by atoms with Crippen molar-refractivity contribution in [3.63, 3.8) is 0 Å². The van der Waals surface area contributed by atoms with Crippen LogP contribution in [0.15, 0.2) is 41.3 Å². The zero-order valence-corrected chi connectivity index (χ0v) is 16.4. The number of rotatable bonds is 3. The minimum absolute atomic E-state index is 0.0468. The SMILES string of the molecule is COC(=O)[C@]12C=CC(=O)N(S(=O)(=O)c3ccc(C)cc3)[C@H]1C1CC[C@H]2CC1=O. The zero-order valence-electron chi connectivity index (χ0n) is 15.6. The molecule has 1 unspecified atom stereocenters. The van der Waals surface area contributed by atoms with Crippen LogP contribution >= 0.6 is 0 Å². The summed E-state index contributed by atoms with van der Waals surface area (Å²) >= 11 is 0. The van der Waals surface area contributed by atoms with Gasteiger partial charge in [0.1, 0.15) is 11.2 Å². The van der Waals surface area contributed by atoms with Gasteiger partial charge in [0.2, 0.25) is 0 Å². The smallest absolute Gasteiger partial charge is 0.318 e. The second-order valence-corrected chi connectivity index (χ2v) is 9.52. The number of fused-ring (bicyclic) bond motifs is 2. The number of esters is 1. The first kappa shape index (κ1) is 18.9. The lowest BCUT2D eigenvalue weighted by Gasteiger charge is -2.56. The average molecular weight is 403 g/mol. The third kappa shape index (κ3) is 2.40. The highest BCUT2D eigenvalue weighted by Crippen LogP contribution is 2.56. The molecule has 28 heavy (non-hydrogen) atoms. The molecule has 4 aliphatic rings. The van der Waals surface area contributed by atoms with Gasteiger partial charge in [-0.2, -0.15) is 0 Å². The number of ketones is 1. The Morgan fingerprint density at radius 3 is 2.46 bits per heavy atom. The lowest BCUT2D eigenvalue weighted by molar-refractivity contribution is -0.170. The van der Waals surface area contributed by atoms with E-state index >= 15 is 0 Å². The van der Waals surface area contributed by atoms with Crippen molar-refractivity contribution in [1.82, 2.24) is 4.31 Å². The maximum absolute atomic E-state index is 13.4. The maximum atomic E-state index is 13.4. The monoisotopic (exact) mass is 403 g/mol. The van der Waals surface area contributed by atoms with Crippen LogP contribution in [0.25, 0.3) is 0 Å². The van der Waals surface area contributed by atoms with Crippen LogP contribution in [-0.2, 0) is 29.1 Å². The summed E-state index contributed by atoms with van der Waals surface area (Å²) in [6.07, 6.45) is 3.85. The number of nitrogens with zero attached hydrogens (tertiary/aromatic N) is 1. The summed E-state index contributed by atoms with van der Waals surface area (Å²) in [4.78, 5) is 38.2. The van der Waals surface area contributed by atoms with E-state index in [1.54, 1.807) is 12.1 Å². The van der Waals surface area contributed by atoms with Crippen LogP contribution in [0.3, 0.4) is 0 Å². The topological polar surface area (TPSA) is 97.8 Å². The number of sulfonamides is 1. The van der Waals surface area contributed by atoms with Crippen LogP contribution < -0.4 is 0 Å². The fraction of sp³-hybridized carbons (Fsp3) is 0.450. The molecule has 7 nitrogen and oxygen atoms in total. The van der Waals surface area contributed by atoms with Gasteiger partial charge >= 0.3 is 5.97 Å². The second-order valence-electron chi connectivity index (χ2n) is 7.71. The summed E-state index contributed by atoms with van der Waals surface area (Å²) in [5.41, 5.74) is -0.448. The molecule has 8 heteroatoms. The Morgan fingerprint density at radius 2 is 1.86 bits per heavy atom. The Kier molecular flexibility index (Phi) is 4.22. The molecule has 0 radical (unpaired) electrons. The third-order valence-corrected chi connectivity index (χ3v) is 8.11. The highest BCUT2D eigenvalue weighted by molar-refractivity contribution is 7.89. The van der Waals surface area contributed by atoms with Crippen LogP contribution in [0.2, 0.25) is 0 Å². The molecule has 3 saturated carbocycles. The second kappa shape index (κ2) is 6.27. The first-order valence-corrected chi connectivity index (χ1v) is 10.6. The molecule has 1 heterocycles. The van der Waals surface area contributed by atoms with Crippen molar-refractivity contribution < 1.29 is 27.5 Å². The Bertz CT molecular complexity index is 996. The number of carbonyl (C=O) groups is 3. The van der Waals surface area contributed by atoms with Gasteiger partial charge in [-0.05, 0) is 37.8 Å². The number of Topliss-reactive ketones (excluding diaryl/α,β-unsaturated/α-hetero) is 1. The normalized spacial score (nSPS) is 31.6. The summed E-state index contributed by atoms with van der Waals surface area (Å²) in [6.45, 7) is 1.83. The van der Waals surface area contributed by atoms with Crippen molar-refractivity contribution in [2.24, 2.45) is 17.3 Å². The Hall–Kier alpha value is -2.48. The van der Waals surface area contributed by atoms with E-state index in [1.807, 2.05) is 6.92 Å². The Morgan fingerprint density at radius 1 is 1.18 bits per heavy atom. The van der Waals surface area contributed by atoms with Gasteiger partial charge in [0.05, 0.1) is 18.0 Å².